The lowest BCUT2D eigenvalue weighted by Crippen LogP contribution is -2.17. The number of pyridine rings is 1. The van der Waals surface area contributed by atoms with Crippen molar-refractivity contribution in [1.82, 2.24) is 24.7 Å². The number of hydrogen-bond acceptors (Lipinski definition) is 3. The third-order valence-electron chi connectivity index (χ3n) is 4.15. The van der Waals surface area contributed by atoms with Crippen molar-refractivity contribution in [2.45, 2.75) is 27.7 Å². The molecule has 0 unspecified atom stereocenters. The maximum atomic E-state index is 12.7. The molecule has 0 radical (unpaired) electrons. The lowest BCUT2D eigenvalue weighted by molar-refractivity contribution is 0.797. The van der Waals surface area contributed by atoms with Crippen LogP contribution < -0.4 is 5.56 Å². The van der Waals surface area contributed by atoms with E-state index in [2.05, 4.69) is 20.1 Å². The van der Waals surface area contributed by atoms with Crippen molar-refractivity contribution in [1.29, 1.82) is 0 Å². The highest BCUT2D eigenvalue weighted by atomic mass is 16.1. The summed E-state index contributed by atoms with van der Waals surface area (Å²) in [7, 11) is 0. The average molecular weight is 361 g/mol. The number of hydrogen-bond donors (Lipinski definition) is 2. The van der Waals surface area contributed by atoms with Gasteiger partial charge in [-0.3, -0.25) is 14.9 Å². The Bertz CT molecular complexity index is 1070. The number of aryl methyl sites for hydroxylation is 2. The summed E-state index contributed by atoms with van der Waals surface area (Å²) >= 11 is 0. The number of nitrogens with one attached hydrogen (secondary N) is 2. The van der Waals surface area contributed by atoms with Crippen LogP contribution in [-0.4, -0.2) is 24.7 Å². The second-order valence-electron chi connectivity index (χ2n) is 5.97. The van der Waals surface area contributed by atoms with Gasteiger partial charge < -0.3 is 4.98 Å². The zero-order valence-corrected chi connectivity index (χ0v) is 15.9. The van der Waals surface area contributed by atoms with Crippen LogP contribution in [0.4, 0.5) is 0 Å². The van der Waals surface area contributed by atoms with Gasteiger partial charge in [-0.2, -0.15) is 4.68 Å². The molecule has 0 fully saturated rings. The molecule has 0 saturated carbocycles. The first-order valence-corrected chi connectivity index (χ1v) is 8.98. The highest BCUT2D eigenvalue weighted by molar-refractivity contribution is 5.64. The molecular weight excluding hydrogens is 338 g/mol. The summed E-state index contributed by atoms with van der Waals surface area (Å²) < 4.78 is 1.41. The summed E-state index contributed by atoms with van der Waals surface area (Å²) in [5, 5.41) is 2.97. The maximum absolute atomic E-state index is 12.7. The number of aromatic nitrogens is 5. The van der Waals surface area contributed by atoms with Gasteiger partial charge in [0.1, 0.15) is 0 Å². The zero-order valence-electron chi connectivity index (χ0n) is 15.9. The van der Waals surface area contributed by atoms with Crippen molar-refractivity contribution >= 4 is 0 Å². The zero-order chi connectivity index (χ0) is 19.4. The standard InChI is InChI=1S/C19H17N5O.C2H6/c1-12-5-7-14(8-6-12)17-13(2)22-19(23-17)24-18(25)16(11-21-24)15-4-3-9-20-10-15;1-2/h3-11,21H,1-2H3,(H,22,23);1-2H3. The fourth-order valence-electron chi connectivity index (χ4n) is 2.80. The van der Waals surface area contributed by atoms with Crippen LogP contribution in [0, 0.1) is 13.8 Å². The van der Waals surface area contributed by atoms with Crippen LogP contribution in [0.1, 0.15) is 25.1 Å². The molecule has 3 heterocycles. The first kappa shape index (κ1) is 18.4. The summed E-state index contributed by atoms with van der Waals surface area (Å²) in [4.78, 5) is 24.6. The predicted octanol–water partition coefficient (Wildman–Crippen LogP) is 4.26. The molecule has 3 aromatic heterocycles. The monoisotopic (exact) mass is 361 g/mol. The Hall–Kier alpha value is -3.41. The fraction of sp³-hybridized carbons (Fsp3) is 0.190. The van der Waals surface area contributed by atoms with Gasteiger partial charge in [-0.1, -0.05) is 49.7 Å². The Labute approximate surface area is 157 Å². The minimum Gasteiger partial charge on any atom is -0.326 e. The van der Waals surface area contributed by atoms with Crippen molar-refractivity contribution < 1.29 is 0 Å². The largest absolute Gasteiger partial charge is 0.326 e. The van der Waals surface area contributed by atoms with E-state index >= 15 is 0 Å². The highest BCUT2D eigenvalue weighted by Gasteiger charge is 2.15. The lowest BCUT2D eigenvalue weighted by Gasteiger charge is -1.99. The summed E-state index contributed by atoms with van der Waals surface area (Å²) in [5.41, 5.74) is 5.10. The summed E-state index contributed by atoms with van der Waals surface area (Å²) in [6.07, 6.45) is 5.02. The van der Waals surface area contributed by atoms with Crippen LogP contribution >= 0.6 is 0 Å². The van der Waals surface area contributed by atoms with Crippen LogP contribution in [0.15, 0.2) is 59.8 Å². The number of aromatic amines is 2. The van der Waals surface area contributed by atoms with E-state index in [0.29, 0.717) is 11.5 Å². The van der Waals surface area contributed by atoms with Crippen LogP contribution in [-0.2, 0) is 0 Å². The molecule has 6 nitrogen and oxygen atoms in total. The second kappa shape index (κ2) is 7.86. The van der Waals surface area contributed by atoms with Crippen molar-refractivity contribution in [2.75, 3.05) is 0 Å². The minimum atomic E-state index is -0.169. The summed E-state index contributed by atoms with van der Waals surface area (Å²) in [6.45, 7) is 7.99. The number of imidazole rings is 1. The minimum absolute atomic E-state index is 0.169. The molecule has 0 aliphatic rings. The average Bonchev–Trinajstić information content (AvgIpc) is 3.27. The topological polar surface area (TPSA) is 79.4 Å². The van der Waals surface area contributed by atoms with Crippen molar-refractivity contribution in [2.24, 2.45) is 0 Å². The highest BCUT2D eigenvalue weighted by Crippen LogP contribution is 2.22. The third kappa shape index (κ3) is 3.60. The first-order valence-electron chi connectivity index (χ1n) is 8.98. The van der Waals surface area contributed by atoms with Gasteiger partial charge in [-0.05, 0) is 19.9 Å². The van der Waals surface area contributed by atoms with E-state index in [9.17, 15) is 4.79 Å². The molecule has 0 amide bonds. The predicted molar refractivity (Wildman–Crippen MR) is 108 cm³/mol. The van der Waals surface area contributed by atoms with Crippen molar-refractivity contribution in [3.8, 4) is 28.3 Å². The third-order valence-corrected chi connectivity index (χ3v) is 4.15. The SMILES string of the molecule is CC.Cc1ccc(-c2nc(-n3[nH]cc(-c4cccnc4)c3=O)[nH]c2C)cc1. The normalized spacial score (nSPS) is 10.4. The maximum Gasteiger partial charge on any atom is 0.281 e. The Kier molecular flexibility index (Phi) is 5.35. The van der Waals surface area contributed by atoms with E-state index < -0.39 is 0 Å². The van der Waals surface area contributed by atoms with Gasteiger partial charge in [0.2, 0.25) is 5.95 Å². The molecule has 0 aliphatic carbocycles. The van der Waals surface area contributed by atoms with Gasteiger partial charge in [-0.15, -0.1) is 0 Å². The van der Waals surface area contributed by atoms with E-state index in [-0.39, 0.29) is 5.56 Å². The van der Waals surface area contributed by atoms with E-state index in [4.69, 9.17) is 0 Å². The molecule has 0 saturated heterocycles. The van der Waals surface area contributed by atoms with E-state index in [1.54, 1.807) is 24.7 Å². The summed E-state index contributed by atoms with van der Waals surface area (Å²) in [5.74, 6) is 0.466. The van der Waals surface area contributed by atoms with Crippen LogP contribution in [0.25, 0.3) is 28.3 Å². The van der Waals surface area contributed by atoms with E-state index in [0.717, 1.165) is 22.5 Å². The molecule has 0 bridgehead atoms. The Morgan fingerprint density at radius 2 is 1.74 bits per heavy atom. The Balaban J connectivity index is 0.00000102. The molecule has 0 aliphatic heterocycles. The number of H-pyrrole nitrogens is 2. The second-order valence-corrected chi connectivity index (χ2v) is 5.97. The number of nitrogens with zero attached hydrogens (tertiary/aromatic N) is 3. The van der Waals surface area contributed by atoms with Crippen molar-refractivity contribution in [3.05, 3.63) is 76.6 Å². The van der Waals surface area contributed by atoms with Crippen LogP contribution in [0.2, 0.25) is 0 Å². The van der Waals surface area contributed by atoms with E-state index in [1.165, 1.54) is 10.2 Å². The molecule has 4 aromatic rings. The first-order chi connectivity index (χ1) is 13.1. The number of rotatable bonds is 3. The Morgan fingerprint density at radius 1 is 1.00 bits per heavy atom. The molecule has 27 heavy (non-hydrogen) atoms. The van der Waals surface area contributed by atoms with Gasteiger partial charge in [0.25, 0.3) is 5.56 Å². The molecule has 0 spiro atoms. The van der Waals surface area contributed by atoms with Crippen LogP contribution in [0.3, 0.4) is 0 Å². The summed E-state index contributed by atoms with van der Waals surface area (Å²) in [6, 6.07) is 11.8. The fourth-order valence-corrected chi connectivity index (χ4v) is 2.80. The lowest BCUT2D eigenvalue weighted by atomic mass is 10.1. The molecule has 2 N–H and O–H groups in total. The van der Waals surface area contributed by atoms with Gasteiger partial charge >= 0.3 is 0 Å². The quantitative estimate of drug-likeness (QED) is 0.572. The van der Waals surface area contributed by atoms with Gasteiger partial charge in [-0.25, -0.2) is 4.98 Å². The molecule has 0 atom stereocenters. The molecule has 6 heteroatoms. The number of benzene rings is 1. The van der Waals surface area contributed by atoms with Gasteiger partial charge in [0.15, 0.2) is 0 Å². The molecule has 4 rings (SSSR count). The van der Waals surface area contributed by atoms with E-state index in [1.807, 2.05) is 58.0 Å². The molecular formula is C21H23N5O. The Morgan fingerprint density at radius 3 is 2.41 bits per heavy atom. The van der Waals surface area contributed by atoms with Gasteiger partial charge in [0, 0.05) is 35.4 Å². The van der Waals surface area contributed by atoms with Gasteiger partial charge in [0.05, 0.1) is 11.3 Å². The van der Waals surface area contributed by atoms with Crippen molar-refractivity contribution in [3.63, 3.8) is 0 Å². The molecule has 1 aromatic carbocycles. The smallest absolute Gasteiger partial charge is 0.281 e. The molecule has 138 valence electrons. The van der Waals surface area contributed by atoms with Crippen LogP contribution in [0.5, 0.6) is 0 Å².